The molecular formula is C14H26N2O5S. The van der Waals surface area contributed by atoms with Gasteiger partial charge in [-0.15, -0.1) is 0 Å². The van der Waals surface area contributed by atoms with Crippen LogP contribution in [0.2, 0.25) is 0 Å². The van der Waals surface area contributed by atoms with Gasteiger partial charge in [0.2, 0.25) is 15.9 Å². The molecule has 0 spiro atoms. The van der Waals surface area contributed by atoms with Crippen molar-refractivity contribution in [3.8, 4) is 0 Å². The molecule has 128 valence electrons. The first-order chi connectivity index (χ1) is 9.96. The number of amides is 1. The highest BCUT2D eigenvalue weighted by atomic mass is 32.2. The van der Waals surface area contributed by atoms with Crippen LogP contribution in [0, 0.1) is 11.3 Å². The number of esters is 1. The second-order valence-corrected chi connectivity index (χ2v) is 8.77. The summed E-state index contributed by atoms with van der Waals surface area (Å²) in [6.45, 7) is 6.08. The van der Waals surface area contributed by atoms with E-state index in [9.17, 15) is 18.0 Å². The standard InChI is InChI=1S/C14H26N2O5S/c1-14(2,3)11(13(18)21-4)15-12(17)10-7-6-8-16(9-10)22(5,19)20/h10-11H,6-9H2,1-5H3,(H,15,17)/t10?,11-/m1/s1. The van der Waals surface area contributed by atoms with Crippen LogP contribution in [0.4, 0.5) is 0 Å². The van der Waals surface area contributed by atoms with Crippen molar-refractivity contribution in [1.29, 1.82) is 0 Å². The van der Waals surface area contributed by atoms with Crippen molar-refractivity contribution in [3.05, 3.63) is 0 Å². The molecule has 0 aromatic heterocycles. The van der Waals surface area contributed by atoms with E-state index in [1.807, 2.05) is 20.8 Å². The molecule has 1 heterocycles. The fourth-order valence-electron chi connectivity index (χ4n) is 2.46. The summed E-state index contributed by atoms with van der Waals surface area (Å²) in [6, 6.07) is -0.765. The van der Waals surface area contributed by atoms with Crippen LogP contribution in [0.1, 0.15) is 33.6 Å². The van der Waals surface area contributed by atoms with Crippen molar-refractivity contribution in [2.24, 2.45) is 11.3 Å². The van der Waals surface area contributed by atoms with Gasteiger partial charge in [-0.1, -0.05) is 20.8 Å². The van der Waals surface area contributed by atoms with Gasteiger partial charge in [-0.05, 0) is 18.3 Å². The average Bonchev–Trinajstić information content (AvgIpc) is 2.41. The van der Waals surface area contributed by atoms with Gasteiger partial charge in [-0.3, -0.25) is 4.79 Å². The highest BCUT2D eigenvalue weighted by Gasteiger charge is 2.37. The normalized spacial score (nSPS) is 22.0. The number of nitrogens with zero attached hydrogens (tertiary/aromatic N) is 1. The quantitative estimate of drug-likeness (QED) is 0.750. The maximum atomic E-state index is 12.4. The minimum Gasteiger partial charge on any atom is -0.467 e. The second-order valence-electron chi connectivity index (χ2n) is 6.79. The third kappa shape index (κ3) is 4.95. The van der Waals surface area contributed by atoms with Gasteiger partial charge in [0, 0.05) is 13.1 Å². The van der Waals surface area contributed by atoms with Crippen molar-refractivity contribution in [1.82, 2.24) is 9.62 Å². The van der Waals surface area contributed by atoms with Crippen LogP contribution < -0.4 is 5.32 Å². The van der Waals surface area contributed by atoms with Crippen LogP contribution in [0.3, 0.4) is 0 Å². The first-order valence-electron chi connectivity index (χ1n) is 7.30. The Balaban J connectivity index is 2.80. The van der Waals surface area contributed by atoms with Crippen molar-refractivity contribution >= 4 is 21.9 Å². The summed E-state index contributed by atoms with van der Waals surface area (Å²) in [5, 5.41) is 2.71. The van der Waals surface area contributed by atoms with E-state index in [-0.39, 0.29) is 12.5 Å². The monoisotopic (exact) mass is 334 g/mol. The predicted octanol–water partition coefficient (Wildman–Crippen LogP) is 0.362. The Labute approximate surface area is 132 Å². The molecule has 2 atom stereocenters. The molecule has 7 nitrogen and oxygen atoms in total. The molecule has 1 amide bonds. The summed E-state index contributed by atoms with van der Waals surface area (Å²) < 4.78 is 29.3. The van der Waals surface area contributed by atoms with Crippen LogP contribution in [-0.2, 0) is 24.3 Å². The van der Waals surface area contributed by atoms with Gasteiger partial charge < -0.3 is 10.1 Å². The Bertz CT molecular complexity index is 524. The van der Waals surface area contributed by atoms with E-state index in [1.165, 1.54) is 11.4 Å². The number of carbonyl (C=O) groups excluding carboxylic acids is 2. The molecule has 0 aliphatic carbocycles. The molecule has 0 bridgehead atoms. The Hall–Kier alpha value is -1.15. The number of sulfonamides is 1. The van der Waals surface area contributed by atoms with Gasteiger partial charge in [0.1, 0.15) is 6.04 Å². The minimum atomic E-state index is -3.31. The van der Waals surface area contributed by atoms with Crippen LogP contribution in [0.15, 0.2) is 0 Å². The second kappa shape index (κ2) is 6.95. The molecule has 22 heavy (non-hydrogen) atoms. The lowest BCUT2D eigenvalue weighted by atomic mass is 9.86. The fraction of sp³-hybridized carbons (Fsp3) is 0.857. The van der Waals surface area contributed by atoms with Gasteiger partial charge in [0.05, 0.1) is 19.3 Å². The minimum absolute atomic E-state index is 0.155. The lowest BCUT2D eigenvalue weighted by Gasteiger charge is -2.33. The van der Waals surface area contributed by atoms with Gasteiger partial charge >= 0.3 is 5.97 Å². The topological polar surface area (TPSA) is 92.8 Å². The largest absolute Gasteiger partial charge is 0.467 e. The van der Waals surface area contributed by atoms with E-state index in [2.05, 4.69) is 5.32 Å². The van der Waals surface area contributed by atoms with Gasteiger partial charge in [-0.25, -0.2) is 17.5 Å². The third-order valence-electron chi connectivity index (χ3n) is 3.81. The molecular weight excluding hydrogens is 308 g/mol. The summed E-state index contributed by atoms with van der Waals surface area (Å²) in [7, 11) is -2.03. The Morgan fingerprint density at radius 3 is 2.36 bits per heavy atom. The molecule has 1 aliphatic heterocycles. The maximum Gasteiger partial charge on any atom is 0.328 e. The Morgan fingerprint density at radius 1 is 1.32 bits per heavy atom. The van der Waals surface area contributed by atoms with E-state index in [0.717, 1.165) is 6.26 Å². The first kappa shape index (κ1) is 18.9. The lowest BCUT2D eigenvalue weighted by molar-refractivity contribution is -0.149. The molecule has 1 rings (SSSR count). The summed E-state index contributed by atoms with van der Waals surface area (Å²) in [6.07, 6.45) is 2.37. The summed E-state index contributed by atoms with van der Waals surface area (Å²) in [5.74, 6) is -1.26. The number of piperidine rings is 1. The van der Waals surface area contributed by atoms with Crippen molar-refractivity contribution in [2.45, 2.75) is 39.7 Å². The van der Waals surface area contributed by atoms with Gasteiger partial charge in [-0.2, -0.15) is 0 Å². The van der Waals surface area contributed by atoms with Crippen LogP contribution >= 0.6 is 0 Å². The van der Waals surface area contributed by atoms with E-state index in [0.29, 0.717) is 19.4 Å². The number of nitrogens with one attached hydrogen (secondary N) is 1. The summed E-state index contributed by atoms with van der Waals surface area (Å²) in [5.41, 5.74) is -0.492. The number of rotatable bonds is 4. The lowest BCUT2D eigenvalue weighted by Crippen LogP contribution is -2.53. The maximum absolute atomic E-state index is 12.4. The van der Waals surface area contributed by atoms with E-state index < -0.39 is 33.4 Å². The van der Waals surface area contributed by atoms with E-state index in [4.69, 9.17) is 4.74 Å². The SMILES string of the molecule is COC(=O)[C@@H](NC(=O)C1CCCN(S(C)(=O)=O)C1)C(C)(C)C. The van der Waals surface area contributed by atoms with E-state index in [1.54, 1.807) is 0 Å². The first-order valence-corrected chi connectivity index (χ1v) is 9.15. The smallest absolute Gasteiger partial charge is 0.328 e. The predicted molar refractivity (Wildman–Crippen MR) is 82.5 cm³/mol. The van der Waals surface area contributed by atoms with Gasteiger partial charge in [0.25, 0.3) is 0 Å². The molecule has 0 aromatic carbocycles. The fourth-order valence-corrected chi connectivity index (χ4v) is 3.38. The summed E-state index contributed by atoms with van der Waals surface area (Å²) >= 11 is 0. The molecule has 1 N–H and O–H groups in total. The van der Waals surface area contributed by atoms with Crippen molar-refractivity contribution < 1.29 is 22.7 Å². The molecule has 0 radical (unpaired) electrons. The van der Waals surface area contributed by atoms with Crippen molar-refractivity contribution in [3.63, 3.8) is 0 Å². The molecule has 1 fully saturated rings. The zero-order valence-corrected chi connectivity index (χ0v) is 14.7. The Morgan fingerprint density at radius 2 is 1.91 bits per heavy atom. The molecule has 1 aliphatic rings. The molecule has 1 unspecified atom stereocenters. The number of hydrogen-bond acceptors (Lipinski definition) is 5. The Kier molecular flexibility index (Phi) is 5.97. The molecule has 0 aromatic rings. The molecule has 0 saturated carbocycles. The zero-order valence-electron chi connectivity index (χ0n) is 13.9. The highest BCUT2D eigenvalue weighted by molar-refractivity contribution is 7.88. The van der Waals surface area contributed by atoms with E-state index >= 15 is 0 Å². The number of carbonyl (C=O) groups is 2. The van der Waals surface area contributed by atoms with Crippen molar-refractivity contribution in [2.75, 3.05) is 26.5 Å². The van der Waals surface area contributed by atoms with Crippen LogP contribution in [-0.4, -0.2) is 57.1 Å². The number of methoxy groups -OCH3 is 1. The van der Waals surface area contributed by atoms with Crippen LogP contribution in [0.25, 0.3) is 0 Å². The highest BCUT2D eigenvalue weighted by Crippen LogP contribution is 2.23. The average molecular weight is 334 g/mol. The van der Waals surface area contributed by atoms with Gasteiger partial charge in [0.15, 0.2) is 0 Å². The zero-order chi connectivity index (χ0) is 17.1. The van der Waals surface area contributed by atoms with Crippen LogP contribution in [0.5, 0.6) is 0 Å². The molecule has 8 heteroatoms. The number of ether oxygens (including phenoxy) is 1. The number of hydrogen-bond donors (Lipinski definition) is 1. The third-order valence-corrected chi connectivity index (χ3v) is 5.08. The molecule has 1 saturated heterocycles. The summed E-state index contributed by atoms with van der Waals surface area (Å²) in [4.78, 5) is 24.3.